The van der Waals surface area contributed by atoms with Crippen LogP contribution < -0.4 is 10.5 Å². The highest BCUT2D eigenvalue weighted by Gasteiger charge is 2.27. The van der Waals surface area contributed by atoms with Crippen LogP contribution >= 0.6 is 11.6 Å². The molecule has 0 radical (unpaired) electrons. The lowest BCUT2D eigenvalue weighted by molar-refractivity contribution is -0.143. The lowest BCUT2D eigenvalue weighted by Crippen LogP contribution is -2.52. The molecule has 1 aromatic heterocycles. The van der Waals surface area contributed by atoms with Crippen molar-refractivity contribution in [1.82, 2.24) is 14.7 Å². The number of aromatic nitrogens is 2. The number of anilines is 1. The normalized spacial score (nSPS) is 15.3. The van der Waals surface area contributed by atoms with Gasteiger partial charge < -0.3 is 19.3 Å². The number of benzene rings is 1. The van der Waals surface area contributed by atoms with Gasteiger partial charge in [0.1, 0.15) is 11.1 Å². The Morgan fingerprint density at radius 2 is 1.87 bits per heavy atom. The average molecular weight is 435 g/mol. The molecule has 1 unspecified atom stereocenters. The van der Waals surface area contributed by atoms with Crippen molar-refractivity contribution in [1.29, 1.82) is 0 Å². The summed E-state index contributed by atoms with van der Waals surface area (Å²) >= 11 is 6.39. The molecular weight excluding hydrogens is 408 g/mol. The largest absolute Gasteiger partial charge is 0.379 e. The van der Waals surface area contributed by atoms with Gasteiger partial charge in [-0.25, -0.2) is 0 Å². The summed E-state index contributed by atoms with van der Waals surface area (Å²) in [4.78, 5) is 29.0. The molecule has 2 aromatic rings. The number of rotatable bonds is 8. The first-order chi connectivity index (χ1) is 14.5. The molecule has 2 heterocycles. The molecule has 0 spiro atoms. The van der Waals surface area contributed by atoms with Crippen LogP contribution in [0.15, 0.2) is 41.3 Å². The van der Waals surface area contributed by atoms with E-state index in [-0.39, 0.29) is 16.5 Å². The van der Waals surface area contributed by atoms with Crippen molar-refractivity contribution in [2.75, 3.05) is 50.9 Å². The minimum absolute atomic E-state index is 0.0464. The van der Waals surface area contributed by atoms with Crippen LogP contribution in [0.25, 0.3) is 5.69 Å². The summed E-state index contributed by atoms with van der Waals surface area (Å²) in [5.41, 5.74) is 0.877. The number of piperazine rings is 1. The van der Waals surface area contributed by atoms with E-state index >= 15 is 0 Å². The number of hydrogen-bond acceptors (Lipinski definition) is 6. The van der Waals surface area contributed by atoms with E-state index in [4.69, 9.17) is 21.1 Å². The number of ether oxygens (including phenoxy) is 2. The molecular formula is C21H27ClN4O4. The van der Waals surface area contributed by atoms with Gasteiger partial charge in [0, 0.05) is 32.8 Å². The van der Waals surface area contributed by atoms with E-state index in [1.165, 1.54) is 4.68 Å². The predicted molar refractivity (Wildman–Crippen MR) is 116 cm³/mol. The predicted octanol–water partition coefficient (Wildman–Crippen LogP) is 1.98. The third kappa shape index (κ3) is 5.19. The van der Waals surface area contributed by atoms with Crippen LogP contribution in [-0.4, -0.2) is 72.7 Å². The number of halogens is 1. The van der Waals surface area contributed by atoms with E-state index in [9.17, 15) is 9.59 Å². The number of amides is 1. The van der Waals surface area contributed by atoms with Crippen LogP contribution in [0, 0.1) is 0 Å². The Hall–Kier alpha value is -2.42. The molecule has 1 saturated heterocycles. The van der Waals surface area contributed by atoms with Crippen LogP contribution in [0.1, 0.15) is 13.8 Å². The summed E-state index contributed by atoms with van der Waals surface area (Å²) in [6.07, 6.45) is 1.09. The molecule has 0 saturated carbocycles. The fourth-order valence-corrected chi connectivity index (χ4v) is 3.57. The van der Waals surface area contributed by atoms with Crippen molar-refractivity contribution >= 4 is 23.2 Å². The molecule has 1 aliphatic rings. The van der Waals surface area contributed by atoms with Gasteiger partial charge >= 0.3 is 0 Å². The molecule has 8 nitrogen and oxygen atoms in total. The average Bonchev–Trinajstić information content (AvgIpc) is 2.78. The Labute approximate surface area is 180 Å². The molecule has 162 valence electrons. The molecule has 30 heavy (non-hydrogen) atoms. The maximum atomic E-state index is 12.7. The molecule has 3 rings (SSSR count). The zero-order valence-corrected chi connectivity index (χ0v) is 18.0. The molecule has 0 bridgehead atoms. The zero-order chi connectivity index (χ0) is 21.5. The van der Waals surface area contributed by atoms with E-state index in [2.05, 4.69) is 5.10 Å². The molecule has 1 aliphatic heterocycles. The summed E-state index contributed by atoms with van der Waals surface area (Å²) < 4.78 is 12.1. The first-order valence-electron chi connectivity index (χ1n) is 10.1. The Bertz CT molecular complexity index is 898. The van der Waals surface area contributed by atoms with Gasteiger partial charge in [-0.3, -0.25) is 9.59 Å². The fraction of sp³-hybridized carbons (Fsp3) is 0.476. The van der Waals surface area contributed by atoms with Crippen LogP contribution in [-0.2, 0) is 14.3 Å². The summed E-state index contributed by atoms with van der Waals surface area (Å²) in [5, 5.41) is 4.41. The van der Waals surface area contributed by atoms with Crippen LogP contribution in [0.3, 0.4) is 0 Å². The van der Waals surface area contributed by atoms with E-state index in [0.29, 0.717) is 57.4 Å². The molecule has 1 amide bonds. The highest BCUT2D eigenvalue weighted by Crippen LogP contribution is 2.23. The summed E-state index contributed by atoms with van der Waals surface area (Å²) in [6, 6.07) is 9.14. The number of carbonyl (C=O) groups is 1. The van der Waals surface area contributed by atoms with Crippen molar-refractivity contribution in [2.45, 2.75) is 20.0 Å². The Morgan fingerprint density at radius 1 is 1.17 bits per heavy atom. The van der Waals surface area contributed by atoms with Gasteiger partial charge in [-0.05, 0) is 26.0 Å². The van der Waals surface area contributed by atoms with Crippen molar-refractivity contribution in [3.05, 3.63) is 51.9 Å². The van der Waals surface area contributed by atoms with E-state index in [1.807, 2.05) is 30.0 Å². The van der Waals surface area contributed by atoms with Gasteiger partial charge in [-0.15, -0.1) is 0 Å². The second-order valence-electron chi connectivity index (χ2n) is 6.92. The smallest absolute Gasteiger partial charge is 0.292 e. The van der Waals surface area contributed by atoms with Gasteiger partial charge in [0.15, 0.2) is 0 Å². The van der Waals surface area contributed by atoms with Crippen LogP contribution in [0.2, 0.25) is 5.02 Å². The monoisotopic (exact) mass is 434 g/mol. The molecule has 0 aliphatic carbocycles. The lowest BCUT2D eigenvalue weighted by Gasteiger charge is -2.37. The van der Waals surface area contributed by atoms with Crippen molar-refractivity contribution in [2.24, 2.45) is 0 Å². The van der Waals surface area contributed by atoms with Crippen molar-refractivity contribution in [3.63, 3.8) is 0 Å². The summed E-state index contributed by atoms with van der Waals surface area (Å²) in [5.74, 6) is -0.0464. The van der Waals surface area contributed by atoms with Crippen molar-refractivity contribution < 1.29 is 14.3 Å². The highest BCUT2D eigenvalue weighted by molar-refractivity contribution is 6.33. The third-order valence-corrected chi connectivity index (χ3v) is 5.34. The SMILES string of the molecule is CCOCCOC(C)C(=O)N1CCN(c2cnn(-c3ccccc3)c(=O)c2Cl)CC1. The first-order valence-corrected chi connectivity index (χ1v) is 10.5. The molecule has 1 aromatic carbocycles. The topological polar surface area (TPSA) is 76.9 Å². The second kappa shape index (κ2) is 10.6. The number of para-hydroxylation sites is 1. The van der Waals surface area contributed by atoms with E-state index in [1.54, 1.807) is 30.2 Å². The first kappa shape index (κ1) is 22.3. The molecule has 9 heteroatoms. The van der Waals surface area contributed by atoms with Gasteiger partial charge in [0.25, 0.3) is 11.5 Å². The third-order valence-electron chi connectivity index (χ3n) is 4.98. The van der Waals surface area contributed by atoms with E-state index in [0.717, 1.165) is 0 Å². The Kier molecular flexibility index (Phi) is 7.84. The van der Waals surface area contributed by atoms with Crippen LogP contribution in [0.5, 0.6) is 0 Å². The highest BCUT2D eigenvalue weighted by atomic mass is 35.5. The standard InChI is InChI=1S/C21H27ClN4O4/c1-3-29-13-14-30-16(2)20(27)25-11-9-24(10-12-25)18-15-23-26(21(28)19(18)22)17-7-5-4-6-8-17/h4-8,15-16H,3,9-14H2,1-2H3. The minimum atomic E-state index is -0.517. The summed E-state index contributed by atoms with van der Waals surface area (Å²) in [7, 11) is 0. The Balaban J connectivity index is 1.60. The minimum Gasteiger partial charge on any atom is -0.379 e. The van der Waals surface area contributed by atoms with Gasteiger partial charge in [0.05, 0.1) is 30.8 Å². The quantitative estimate of drug-likeness (QED) is 0.591. The van der Waals surface area contributed by atoms with E-state index < -0.39 is 6.10 Å². The second-order valence-corrected chi connectivity index (χ2v) is 7.30. The lowest BCUT2D eigenvalue weighted by atomic mass is 10.2. The van der Waals surface area contributed by atoms with Gasteiger partial charge in [-0.2, -0.15) is 9.78 Å². The maximum Gasteiger partial charge on any atom is 0.292 e. The number of nitrogens with zero attached hydrogens (tertiary/aromatic N) is 4. The number of hydrogen-bond donors (Lipinski definition) is 0. The van der Waals surface area contributed by atoms with Gasteiger partial charge in [-0.1, -0.05) is 29.8 Å². The maximum absolute atomic E-state index is 12.7. The van der Waals surface area contributed by atoms with Crippen LogP contribution in [0.4, 0.5) is 5.69 Å². The molecule has 0 N–H and O–H groups in total. The molecule has 1 atom stereocenters. The summed E-state index contributed by atoms with van der Waals surface area (Å²) in [6.45, 7) is 7.33. The molecule has 1 fully saturated rings. The zero-order valence-electron chi connectivity index (χ0n) is 17.3. The van der Waals surface area contributed by atoms with Crippen molar-refractivity contribution in [3.8, 4) is 5.69 Å². The Morgan fingerprint density at radius 3 is 2.53 bits per heavy atom. The van der Waals surface area contributed by atoms with Gasteiger partial charge in [0.2, 0.25) is 0 Å². The fourth-order valence-electron chi connectivity index (χ4n) is 3.32. The number of carbonyl (C=O) groups excluding carboxylic acids is 1.